The highest BCUT2D eigenvalue weighted by Gasteiger charge is 2.47. The van der Waals surface area contributed by atoms with Crippen molar-refractivity contribution in [3.63, 3.8) is 0 Å². The Morgan fingerprint density at radius 3 is 2.16 bits per heavy atom. The van der Waals surface area contributed by atoms with Crippen LogP contribution in [0.3, 0.4) is 0 Å². The Morgan fingerprint density at radius 1 is 0.932 bits per heavy atom. The normalized spacial score (nSPS) is 22.0. The van der Waals surface area contributed by atoms with Crippen molar-refractivity contribution in [1.82, 2.24) is 26.2 Å². The largest absolute Gasteiger partial charge is 0.356 e. The number of amides is 4. The summed E-state index contributed by atoms with van der Waals surface area (Å²) in [6.45, 7) is 2.36. The van der Waals surface area contributed by atoms with Crippen LogP contribution in [0, 0.1) is 24.2 Å². The number of likely N-dealkylation sites (N-methyl/N-ethyl adjacent to an activating group) is 1. The number of rotatable bonds is 13. The monoisotopic (exact) mass is 599 g/mol. The van der Waals surface area contributed by atoms with Gasteiger partial charge in [0.2, 0.25) is 23.6 Å². The van der Waals surface area contributed by atoms with E-state index in [2.05, 4.69) is 27.2 Å². The average molecular weight is 600 g/mol. The maximum absolute atomic E-state index is 14.4. The first kappa shape index (κ1) is 32.7. The smallest absolute Gasteiger partial charge is 0.243 e. The zero-order valence-electron chi connectivity index (χ0n) is 25.8. The van der Waals surface area contributed by atoms with Gasteiger partial charge in [-0.1, -0.05) is 67.6 Å². The van der Waals surface area contributed by atoms with Gasteiger partial charge in [-0.3, -0.25) is 19.2 Å². The molecular weight excluding hydrogens is 554 g/mol. The molecular formula is C35H45N5O4. The number of fused-ring (bicyclic) bond motifs is 1. The van der Waals surface area contributed by atoms with E-state index in [0.29, 0.717) is 32.2 Å². The van der Waals surface area contributed by atoms with Gasteiger partial charge in [-0.25, -0.2) is 0 Å². The van der Waals surface area contributed by atoms with Gasteiger partial charge in [0.1, 0.15) is 6.04 Å². The Labute approximate surface area is 260 Å². The van der Waals surface area contributed by atoms with Crippen LogP contribution in [0.2, 0.25) is 0 Å². The molecule has 234 valence electrons. The molecule has 2 saturated heterocycles. The first-order chi connectivity index (χ1) is 21.4. The molecule has 0 aromatic heterocycles. The summed E-state index contributed by atoms with van der Waals surface area (Å²) < 4.78 is 0. The van der Waals surface area contributed by atoms with Gasteiger partial charge in [-0.05, 0) is 56.2 Å². The molecule has 5 atom stereocenters. The summed E-state index contributed by atoms with van der Waals surface area (Å²) >= 11 is 0. The number of carbonyl (C=O) groups is 4. The Kier molecular flexibility index (Phi) is 12.0. The molecule has 9 nitrogen and oxygen atoms in total. The zero-order chi connectivity index (χ0) is 31.5. The maximum atomic E-state index is 14.4. The number of hydrogen-bond acceptors (Lipinski definition) is 5. The summed E-state index contributed by atoms with van der Waals surface area (Å²) in [6.07, 6.45) is 9.20. The molecule has 0 radical (unpaired) electrons. The van der Waals surface area contributed by atoms with Crippen molar-refractivity contribution < 1.29 is 19.2 Å². The van der Waals surface area contributed by atoms with E-state index in [9.17, 15) is 19.2 Å². The molecule has 2 aromatic carbocycles. The summed E-state index contributed by atoms with van der Waals surface area (Å²) in [5.41, 5.74) is 1.92. The second-order valence-electron chi connectivity index (χ2n) is 11.7. The molecule has 2 aliphatic rings. The van der Waals surface area contributed by atoms with E-state index in [-0.39, 0.29) is 60.6 Å². The summed E-state index contributed by atoms with van der Waals surface area (Å²) in [5.74, 6) is 1.03. The molecule has 2 aromatic rings. The molecule has 0 bridgehead atoms. The highest BCUT2D eigenvalue weighted by atomic mass is 16.2. The van der Waals surface area contributed by atoms with Crippen LogP contribution in [0.15, 0.2) is 60.7 Å². The highest BCUT2D eigenvalue weighted by Crippen LogP contribution is 2.36. The number of nitrogens with one attached hydrogen (secondary N) is 4. The maximum Gasteiger partial charge on any atom is 0.243 e. The molecule has 2 heterocycles. The van der Waals surface area contributed by atoms with Gasteiger partial charge < -0.3 is 26.2 Å². The van der Waals surface area contributed by atoms with Crippen LogP contribution in [0.1, 0.15) is 69.0 Å². The van der Waals surface area contributed by atoms with Crippen LogP contribution in [-0.4, -0.2) is 66.8 Å². The molecule has 9 heteroatoms. The predicted octanol–water partition coefficient (Wildman–Crippen LogP) is 2.92. The Morgan fingerprint density at radius 2 is 1.57 bits per heavy atom. The van der Waals surface area contributed by atoms with E-state index < -0.39 is 12.0 Å². The third kappa shape index (κ3) is 8.06. The summed E-state index contributed by atoms with van der Waals surface area (Å²) in [6, 6.07) is 18.2. The minimum Gasteiger partial charge on any atom is -0.356 e. The lowest BCUT2D eigenvalue weighted by Crippen LogP contribution is -2.53. The first-order valence-electron chi connectivity index (χ1n) is 15.7. The summed E-state index contributed by atoms with van der Waals surface area (Å²) in [5, 5.41) is 12.2. The van der Waals surface area contributed by atoms with E-state index >= 15 is 0 Å². The molecule has 44 heavy (non-hydrogen) atoms. The van der Waals surface area contributed by atoms with Gasteiger partial charge in [0, 0.05) is 32.0 Å². The molecule has 2 aliphatic heterocycles. The SMILES string of the molecule is C#CCCC(=O)NC[C@H]1CC[C@H]2CCC(C(=O)NC(c3ccccc3)c3ccccc3)N2C(=O)[C@H]1CNC(=O)[C@H](CC)NC. The van der Waals surface area contributed by atoms with Crippen LogP contribution in [0.5, 0.6) is 0 Å². The van der Waals surface area contributed by atoms with Crippen molar-refractivity contribution in [2.45, 2.75) is 76.0 Å². The van der Waals surface area contributed by atoms with E-state index in [1.54, 1.807) is 11.9 Å². The van der Waals surface area contributed by atoms with Gasteiger partial charge >= 0.3 is 0 Å². The minimum absolute atomic E-state index is 0.0776. The Balaban J connectivity index is 1.55. The highest BCUT2D eigenvalue weighted by molar-refractivity contribution is 5.91. The van der Waals surface area contributed by atoms with E-state index in [4.69, 9.17) is 6.42 Å². The second kappa shape index (κ2) is 16.1. The lowest BCUT2D eigenvalue weighted by atomic mass is 9.87. The van der Waals surface area contributed by atoms with E-state index in [1.165, 1.54) is 0 Å². The van der Waals surface area contributed by atoms with Crippen molar-refractivity contribution >= 4 is 23.6 Å². The standard InChI is InChI=1S/C35H45N5O4/c1-4-6-17-31(41)37-22-26-18-19-27-20-21-30(40(27)35(44)28(26)23-38-33(42)29(5-2)36-3)34(43)39-32(24-13-9-7-10-14-24)25-15-11-8-12-16-25/h1,7-16,26-30,32,36H,5-6,17-23H2,2-3H3,(H,37,41)(H,38,42)(H,39,43)/t26-,27+,28+,29+,30?/m1/s1. The molecule has 1 unspecified atom stereocenters. The lowest BCUT2D eigenvalue weighted by molar-refractivity contribution is -0.144. The third-order valence-corrected chi connectivity index (χ3v) is 9.00. The van der Waals surface area contributed by atoms with E-state index in [0.717, 1.165) is 24.0 Å². The molecule has 0 spiro atoms. The number of benzene rings is 2. The molecule has 4 N–H and O–H groups in total. The molecule has 4 rings (SSSR count). The van der Waals surface area contributed by atoms with Crippen LogP contribution in [0.25, 0.3) is 0 Å². The van der Waals surface area contributed by atoms with Crippen LogP contribution in [-0.2, 0) is 19.2 Å². The van der Waals surface area contributed by atoms with Crippen molar-refractivity contribution in [3.05, 3.63) is 71.8 Å². The summed E-state index contributed by atoms with van der Waals surface area (Å²) in [7, 11) is 1.73. The molecule has 0 aliphatic carbocycles. The van der Waals surface area contributed by atoms with Crippen LogP contribution < -0.4 is 21.3 Å². The van der Waals surface area contributed by atoms with Gasteiger partial charge in [0.15, 0.2) is 0 Å². The molecule has 4 amide bonds. The van der Waals surface area contributed by atoms with Gasteiger partial charge in [0.05, 0.1) is 18.0 Å². The topological polar surface area (TPSA) is 120 Å². The number of nitrogens with zero attached hydrogens (tertiary/aromatic N) is 1. The van der Waals surface area contributed by atoms with Gasteiger partial charge in [0.25, 0.3) is 0 Å². The second-order valence-corrected chi connectivity index (χ2v) is 11.7. The minimum atomic E-state index is -0.620. The Hall–Kier alpha value is -4.16. The fourth-order valence-electron chi connectivity index (χ4n) is 6.52. The average Bonchev–Trinajstić information content (AvgIpc) is 3.43. The number of terminal acetylenes is 1. The molecule has 0 saturated carbocycles. The third-order valence-electron chi connectivity index (χ3n) is 9.00. The predicted molar refractivity (Wildman–Crippen MR) is 170 cm³/mol. The van der Waals surface area contributed by atoms with Crippen LogP contribution >= 0.6 is 0 Å². The van der Waals surface area contributed by atoms with Gasteiger partial charge in [-0.2, -0.15) is 0 Å². The first-order valence-corrected chi connectivity index (χ1v) is 15.7. The Bertz CT molecular complexity index is 1270. The fraction of sp³-hybridized carbons (Fsp3) is 0.486. The number of carbonyl (C=O) groups excluding carboxylic acids is 4. The fourth-order valence-corrected chi connectivity index (χ4v) is 6.52. The van der Waals surface area contributed by atoms with Crippen molar-refractivity contribution in [2.24, 2.45) is 11.8 Å². The van der Waals surface area contributed by atoms with Gasteiger partial charge in [-0.15, -0.1) is 12.3 Å². The zero-order valence-corrected chi connectivity index (χ0v) is 25.8. The quantitative estimate of drug-likeness (QED) is 0.264. The molecule has 2 fully saturated rings. The van der Waals surface area contributed by atoms with Crippen LogP contribution in [0.4, 0.5) is 0 Å². The lowest BCUT2D eigenvalue weighted by Gasteiger charge is -2.33. The summed E-state index contributed by atoms with van der Waals surface area (Å²) in [4.78, 5) is 55.4. The van der Waals surface area contributed by atoms with E-state index in [1.807, 2.05) is 67.6 Å². The number of hydrogen-bond donors (Lipinski definition) is 4. The van der Waals surface area contributed by atoms with Crippen molar-refractivity contribution in [2.75, 3.05) is 20.1 Å². The van der Waals surface area contributed by atoms with Crippen molar-refractivity contribution in [1.29, 1.82) is 0 Å². The van der Waals surface area contributed by atoms with Crippen molar-refractivity contribution in [3.8, 4) is 12.3 Å².